The average molecular weight is 394 g/mol. The summed E-state index contributed by atoms with van der Waals surface area (Å²) in [6.07, 6.45) is 3.43. The van der Waals surface area contributed by atoms with Gasteiger partial charge in [0, 0.05) is 10.0 Å². The molecule has 1 aliphatic carbocycles. The maximum absolute atomic E-state index is 12.0. The zero-order valence-electron chi connectivity index (χ0n) is 12.7. The molecule has 7 heteroatoms. The van der Waals surface area contributed by atoms with Crippen molar-refractivity contribution in [3.05, 3.63) is 46.5 Å². The van der Waals surface area contributed by atoms with Crippen LogP contribution in [0.5, 0.6) is 0 Å². The molecule has 1 N–H and O–H groups in total. The first-order valence-corrected chi connectivity index (χ1v) is 8.39. The minimum absolute atomic E-state index is 0.165. The lowest BCUT2D eigenvalue weighted by Gasteiger charge is -2.49. The van der Waals surface area contributed by atoms with Crippen LogP contribution in [0, 0.1) is 5.92 Å². The number of ether oxygens (including phenoxy) is 1. The number of nitrogens with zero attached hydrogens (tertiary/aromatic N) is 1. The molecule has 126 valence electrons. The van der Waals surface area contributed by atoms with Crippen LogP contribution < -0.4 is 0 Å². The number of Topliss-reactive ketones (excluding diaryl/α,β-unsaturated/α-hetero) is 1. The third kappa shape index (κ3) is 3.14. The van der Waals surface area contributed by atoms with Gasteiger partial charge in [-0.15, -0.1) is 0 Å². The summed E-state index contributed by atoms with van der Waals surface area (Å²) in [5.74, 6) is -1.78. The van der Waals surface area contributed by atoms with E-state index in [0.717, 1.165) is 9.37 Å². The van der Waals surface area contributed by atoms with Crippen molar-refractivity contribution in [2.24, 2.45) is 5.92 Å². The fourth-order valence-corrected chi connectivity index (χ4v) is 3.26. The molecule has 1 amide bonds. The second-order valence-electron chi connectivity index (χ2n) is 5.77. The molecule has 3 rings (SSSR count). The van der Waals surface area contributed by atoms with E-state index < -0.39 is 18.8 Å². The molecule has 1 saturated heterocycles. The SMILES string of the molecule is O=C(COC(=O)C(O)N1C(=O)C2CC=CCC21)c1ccc(Br)cc1. The predicted molar refractivity (Wildman–Crippen MR) is 87.9 cm³/mol. The zero-order valence-corrected chi connectivity index (χ0v) is 14.3. The van der Waals surface area contributed by atoms with Crippen molar-refractivity contribution in [3.63, 3.8) is 0 Å². The van der Waals surface area contributed by atoms with E-state index in [9.17, 15) is 19.5 Å². The summed E-state index contributed by atoms with van der Waals surface area (Å²) in [4.78, 5) is 37.0. The van der Waals surface area contributed by atoms with Crippen LogP contribution in [0.2, 0.25) is 0 Å². The summed E-state index contributed by atoms with van der Waals surface area (Å²) in [6, 6.07) is 6.45. The lowest BCUT2D eigenvalue weighted by molar-refractivity contribution is -0.190. The number of ketones is 1. The highest BCUT2D eigenvalue weighted by atomic mass is 79.9. The van der Waals surface area contributed by atoms with E-state index in [2.05, 4.69) is 15.9 Å². The van der Waals surface area contributed by atoms with E-state index in [1.165, 1.54) is 0 Å². The third-order valence-corrected chi connectivity index (χ3v) is 4.84. The first-order valence-electron chi connectivity index (χ1n) is 7.59. The van der Waals surface area contributed by atoms with E-state index in [1.807, 2.05) is 12.2 Å². The molecule has 1 aliphatic heterocycles. The molecule has 0 aromatic heterocycles. The van der Waals surface area contributed by atoms with Gasteiger partial charge in [-0.1, -0.05) is 40.2 Å². The second kappa shape index (κ2) is 6.86. The Morgan fingerprint density at radius 2 is 1.92 bits per heavy atom. The molecule has 1 heterocycles. The van der Waals surface area contributed by atoms with E-state index in [0.29, 0.717) is 18.4 Å². The van der Waals surface area contributed by atoms with Crippen LogP contribution in [-0.2, 0) is 14.3 Å². The number of hydrogen-bond acceptors (Lipinski definition) is 5. The number of hydrogen-bond donors (Lipinski definition) is 1. The van der Waals surface area contributed by atoms with Crippen LogP contribution in [0.3, 0.4) is 0 Å². The number of aliphatic hydroxyl groups excluding tert-OH is 1. The number of likely N-dealkylation sites (tertiary alicyclic amines) is 1. The smallest absolute Gasteiger partial charge is 0.356 e. The molecule has 0 bridgehead atoms. The van der Waals surface area contributed by atoms with Gasteiger partial charge < -0.3 is 14.7 Å². The summed E-state index contributed by atoms with van der Waals surface area (Å²) < 4.78 is 5.71. The van der Waals surface area contributed by atoms with Crippen LogP contribution in [0.1, 0.15) is 23.2 Å². The molecular formula is C17H16BrNO5. The molecule has 0 radical (unpaired) electrons. The first-order chi connectivity index (χ1) is 11.5. The molecule has 3 atom stereocenters. The van der Waals surface area contributed by atoms with Gasteiger partial charge in [0.1, 0.15) is 0 Å². The van der Waals surface area contributed by atoms with E-state index >= 15 is 0 Å². The van der Waals surface area contributed by atoms with Crippen molar-refractivity contribution in [2.75, 3.05) is 6.61 Å². The highest BCUT2D eigenvalue weighted by Gasteiger charge is 2.51. The number of β-lactam (4-membered cyclic amide) rings is 1. The number of allylic oxidation sites excluding steroid dienone is 1. The summed E-state index contributed by atoms with van der Waals surface area (Å²) >= 11 is 3.27. The quantitative estimate of drug-likeness (QED) is 0.356. The number of halogens is 1. The Morgan fingerprint density at radius 1 is 1.25 bits per heavy atom. The molecule has 0 spiro atoms. The normalized spacial score (nSPS) is 23.2. The Labute approximate surface area is 147 Å². The number of amides is 1. The van der Waals surface area contributed by atoms with Gasteiger partial charge in [0.2, 0.25) is 12.1 Å². The first kappa shape index (κ1) is 16.9. The minimum Gasteiger partial charge on any atom is -0.454 e. The van der Waals surface area contributed by atoms with Gasteiger partial charge in [-0.2, -0.15) is 0 Å². The minimum atomic E-state index is -1.66. The van der Waals surface area contributed by atoms with Gasteiger partial charge in [-0.25, -0.2) is 4.79 Å². The maximum Gasteiger partial charge on any atom is 0.356 e. The van der Waals surface area contributed by atoms with Gasteiger partial charge in [0.15, 0.2) is 12.4 Å². The Bertz CT molecular complexity index is 699. The zero-order chi connectivity index (χ0) is 17.3. The molecule has 2 aliphatic rings. The van der Waals surface area contributed by atoms with Gasteiger partial charge in [-0.05, 0) is 25.0 Å². The Hall–Kier alpha value is -1.99. The Balaban J connectivity index is 1.55. The third-order valence-electron chi connectivity index (χ3n) is 4.31. The van der Waals surface area contributed by atoms with Crippen LogP contribution in [0.25, 0.3) is 0 Å². The van der Waals surface area contributed by atoms with Crippen molar-refractivity contribution in [3.8, 4) is 0 Å². The summed E-state index contributed by atoms with van der Waals surface area (Å²) in [7, 11) is 0. The number of esters is 1. The van der Waals surface area contributed by atoms with Gasteiger partial charge in [-0.3, -0.25) is 9.59 Å². The summed E-state index contributed by atoms with van der Waals surface area (Å²) in [6.45, 7) is -0.479. The number of fused-ring (bicyclic) bond motifs is 1. The van der Waals surface area contributed by atoms with E-state index in [-0.39, 0.29) is 23.7 Å². The number of rotatable bonds is 5. The van der Waals surface area contributed by atoms with Crippen LogP contribution >= 0.6 is 15.9 Å². The van der Waals surface area contributed by atoms with Crippen LogP contribution in [0.15, 0.2) is 40.9 Å². The molecule has 1 aromatic rings. The molecule has 0 saturated carbocycles. The van der Waals surface area contributed by atoms with Crippen molar-refractivity contribution >= 4 is 33.6 Å². The van der Waals surface area contributed by atoms with Gasteiger partial charge in [0.25, 0.3) is 0 Å². The lowest BCUT2D eigenvalue weighted by atomic mass is 9.79. The molecule has 1 fully saturated rings. The Morgan fingerprint density at radius 3 is 2.62 bits per heavy atom. The highest BCUT2D eigenvalue weighted by molar-refractivity contribution is 9.10. The van der Waals surface area contributed by atoms with Crippen molar-refractivity contribution in [1.82, 2.24) is 4.90 Å². The number of carbonyl (C=O) groups excluding carboxylic acids is 3. The second-order valence-corrected chi connectivity index (χ2v) is 6.69. The summed E-state index contributed by atoms with van der Waals surface area (Å²) in [5, 5.41) is 10.1. The highest BCUT2D eigenvalue weighted by Crippen LogP contribution is 2.36. The monoisotopic (exact) mass is 393 g/mol. The van der Waals surface area contributed by atoms with E-state index in [1.54, 1.807) is 24.3 Å². The predicted octanol–water partition coefficient (Wildman–Crippen LogP) is 1.67. The molecule has 24 heavy (non-hydrogen) atoms. The largest absolute Gasteiger partial charge is 0.454 e. The number of benzene rings is 1. The van der Waals surface area contributed by atoms with Crippen molar-refractivity contribution in [2.45, 2.75) is 25.1 Å². The molecule has 1 aromatic carbocycles. The average Bonchev–Trinajstić information content (AvgIpc) is 2.59. The standard InChI is InChI=1S/C17H16BrNO5/c18-11-7-5-10(6-8-11)14(20)9-24-17(23)16(22)19-13-4-2-1-3-12(13)15(19)21/h1-2,5-8,12-13,16,22H,3-4,9H2. The lowest BCUT2D eigenvalue weighted by Crippen LogP contribution is -2.66. The number of carbonyl (C=O) groups is 3. The van der Waals surface area contributed by atoms with Crippen molar-refractivity contribution in [1.29, 1.82) is 0 Å². The Kier molecular flexibility index (Phi) is 4.82. The van der Waals surface area contributed by atoms with Crippen molar-refractivity contribution < 1.29 is 24.2 Å². The van der Waals surface area contributed by atoms with E-state index in [4.69, 9.17) is 4.74 Å². The van der Waals surface area contributed by atoms with Crippen LogP contribution in [-0.4, -0.2) is 46.5 Å². The molecule has 3 unspecified atom stereocenters. The maximum atomic E-state index is 12.0. The molecule has 6 nitrogen and oxygen atoms in total. The topological polar surface area (TPSA) is 83.9 Å². The molecular weight excluding hydrogens is 378 g/mol. The van der Waals surface area contributed by atoms with Gasteiger partial charge in [0.05, 0.1) is 12.0 Å². The fourth-order valence-electron chi connectivity index (χ4n) is 2.99. The van der Waals surface area contributed by atoms with Gasteiger partial charge >= 0.3 is 5.97 Å². The fraction of sp³-hybridized carbons (Fsp3) is 0.353. The summed E-state index contributed by atoms with van der Waals surface area (Å²) in [5.41, 5.74) is 0.401. The number of aliphatic hydroxyl groups is 1. The van der Waals surface area contributed by atoms with Crippen LogP contribution in [0.4, 0.5) is 0 Å².